The third-order valence-electron chi connectivity index (χ3n) is 4.23. The molecule has 0 aromatic carbocycles. The maximum Gasteiger partial charge on any atom is 0.0736 e. The molecule has 0 bridgehead atoms. The van der Waals surface area contributed by atoms with Crippen molar-refractivity contribution < 1.29 is 4.74 Å². The molecule has 102 valence electrons. The fourth-order valence-electron chi connectivity index (χ4n) is 3.02. The summed E-state index contributed by atoms with van der Waals surface area (Å²) < 4.78 is 6.02. The fourth-order valence-corrected chi connectivity index (χ4v) is 4.04. The summed E-state index contributed by atoms with van der Waals surface area (Å²) in [5, 5.41) is 9.46. The molecule has 18 heavy (non-hydrogen) atoms. The van der Waals surface area contributed by atoms with Crippen LogP contribution in [0.5, 0.6) is 0 Å². The Hall–Kier alpha value is 0.220. The van der Waals surface area contributed by atoms with Crippen LogP contribution in [0.1, 0.15) is 44.9 Å². The molecular formula is C14H21BrClNO. The van der Waals surface area contributed by atoms with Crippen LogP contribution in [-0.4, -0.2) is 22.9 Å². The van der Waals surface area contributed by atoms with Crippen molar-refractivity contribution >= 4 is 27.5 Å². The van der Waals surface area contributed by atoms with Gasteiger partial charge in [-0.2, -0.15) is 5.26 Å². The van der Waals surface area contributed by atoms with E-state index in [0.717, 1.165) is 32.3 Å². The van der Waals surface area contributed by atoms with Gasteiger partial charge in [0.05, 0.1) is 24.7 Å². The lowest BCUT2D eigenvalue weighted by Crippen LogP contribution is -2.34. The molecule has 0 saturated heterocycles. The third kappa shape index (κ3) is 3.85. The highest BCUT2D eigenvalue weighted by Gasteiger charge is 2.32. The summed E-state index contributed by atoms with van der Waals surface area (Å²) in [6, 6.07) is 2.40. The molecular weight excluding hydrogens is 314 g/mol. The second-order valence-corrected chi connectivity index (χ2v) is 7.43. The summed E-state index contributed by atoms with van der Waals surface area (Å²) in [7, 11) is 0. The van der Waals surface area contributed by atoms with E-state index in [9.17, 15) is 5.26 Å². The molecule has 0 radical (unpaired) electrons. The highest BCUT2D eigenvalue weighted by Crippen LogP contribution is 2.33. The normalized spacial score (nSPS) is 41.3. The smallest absolute Gasteiger partial charge is 0.0736 e. The van der Waals surface area contributed by atoms with E-state index in [1.165, 1.54) is 19.3 Å². The van der Waals surface area contributed by atoms with E-state index in [2.05, 4.69) is 22.0 Å². The number of halogens is 2. The first kappa shape index (κ1) is 14.6. The lowest BCUT2D eigenvalue weighted by molar-refractivity contribution is -0.0155. The van der Waals surface area contributed by atoms with Gasteiger partial charge in [-0.3, -0.25) is 0 Å². The molecule has 2 nitrogen and oxygen atoms in total. The molecule has 2 rings (SSSR count). The van der Waals surface area contributed by atoms with Crippen molar-refractivity contribution in [2.45, 2.75) is 61.3 Å². The predicted molar refractivity (Wildman–Crippen MR) is 77.0 cm³/mol. The Labute approximate surface area is 123 Å². The van der Waals surface area contributed by atoms with Crippen LogP contribution in [0.2, 0.25) is 0 Å². The van der Waals surface area contributed by atoms with Gasteiger partial charge in [-0.05, 0) is 38.0 Å². The first-order valence-electron chi connectivity index (χ1n) is 7.00. The molecule has 0 spiro atoms. The SMILES string of the molecule is N#CC1CC(Br)CCC1OCC1CCCCC1Cl. The van der Waals surface area contributed by atoms with Gasteiger partial charge in [0.2, 0.25) is 0 Å². The predicted octanol–water partition coefficient (Wildman–Crippen LogP) is 4.26. The number of nitriles is 1. The zero-order chi connectivity index (χ0) is 13.0. The second kappa shape index (κ2) is 7.12. The molecule has 2 aliphatic rings. The van der Waals surface area contributed by atoms with E-state index in [1.54, 1.807) is 0 Å². The Morgan fingerprint density at radius 1 is 1.22 bits per heavy atom. The molecule has 0 heterocycles. The molecule has 0 aromatic rings. The highest BCUT2D eigenvalue weighted by atomic mass is 79.9. The zero-order valence-corrected chi connectivity index (χ0v) is 13.0. The van der Waals surface area contributed by atoms with Gasteiger partial charge in [0.1, 0.15) is 0 Å². The first-order valence-corrected chi connectivity index (χ1v) is 8.35. The topological polar surface area (TPSA) is 33.0 Å². The van der Waals surface area contributed by atoms with Crippen molar-refractivity contribution in [1.29, 1.82) is 5.26 Å². The van der Waals surface area contributed by atoms with E-state index in [0.29, 0.717) is 10.7 Å². The average Bonchev–Trinajstić information content (AvgIpc) is 2.39. The monoisotopic (exact) mass is 333 g/mol. The number of rotatable bonds is 3. The Balaban J connectivity index is 1.80. The minimum absolute atomic E-state index is 0.0421. The molecule has 2 aliphatic carbocycles. The zero-order valence-electron chi connectivity index (χ0n) is 10.7. The highest BCUT2D eigenvalue weighted by molar-refractivity contribution is 9.09. The molecule has 2 saturated carbocycles. The van der Waals surface area contributed by atoms with Gasteiger partial charge in [-0.25, -0.2) is 0 Å². The molecule has 0 aliphatic heterocycles. The maximum absolute atomic E-state index is 9.19. The second-order valence-electron chi connectivity index (χ2n) is 5.58. The maximum atomic E-state index is 9.19. The van der Waals surface area contributed by atoms with Gasteiger partial charge in [-0.15, -0.1) is 11.6 Å². The Bertz CT molecular complexity index is 307. The van der Waals surface area contributed by atoms with Crippen LogP contribution in [0.15, 0.2) is 0 Å². The summed E-state index contributed by atoms with van der Waals surface area (Å²) >= 11 is 9.95. The summed E-state index contributed by atoms with van der Waals surface area (Å²) in [5.74, 6) is 0.530. The number of hydrogen-bond acceptors (Lipinski definition) is 2. The van der Waals surface area contributed by atoms with Crippen LogP contribution < -0.4 is 0 Å². The van der Waals surface area contributed by atoms with Crippen molar-refractivity contribution in [3.05, 3.63) is 0 Å². The minimum atomic E-state index is 0.0421. The standard InChI is InChI=1S/C14H21BrClNO/c15-12-5-6-14(11(7-12)8-17)18-9-10-3-1-2-4-13(10)16/h10-14H,1-7,9H2. The molecule has 4 heteroatoms. The number of hydrogen-bond donors (Lipinski definition) is 0. The largest absolute Gasteiger partial charge is 0.377 e. The summed E-state index contributed by atoms with van der Waals surface area (Å²) in [6.07, 6.45) is 7.95. The van der Waals surface area contributed by atoms with E-state index in [-0.39, 0.29) is 17.4 Å². The number of alkyl halides is 2. The lowest BCUT2D eigenvalue weighted by Gasteiger charge is -2.33. The van der Waals surface area contributed by atoms with E-state index in [4.69, 9.17) is 16.3 Å². The van der Waals surface area contributed by atoms with Crippen LogP contribution >= 0.6 is 27.5 Å². The van der Waals surface area contributed by atoms with Crippen LogP contribution in [0.4, 0.5) is 0 Å². The van der Waals surface area contributed by atoms with Gasteiger partial charge in [0.25, 0.3) is 0 Å². The third-order valence-corrected chi connectivity index (χ3v) is 5.64. The summed E-state index contributed by atoms with van der Waals surface area (Å²) in [4.78, 5) is 0.484. The molecule has 5 unspecified atom stereocenters. The van der Waals surface area contributed by atoms with Crippen molar-refractivity contribution in [3.63, 3.8) is 0 Å². The van der Waals surface area contributed by atoms with Gasteiger partial charge >= 0.3 is 0 Å². The summed E-state index contributed by atoms with van der Waals surface area (Å²) in [6.45, 7) is 0.740. The van der Waals surface area contributed by atoms with Gasteiger partial charge in [0, 0.05) is 10.2 Å². The Morgan fingerprint density at radius 2 is 2.00 bits per heavy atom. The van der Waals surface area contributed by atoms with Gasteiger partial charge < -0.3 is 4.74 Å². The van der Waals surface area contributed by atoms with Crippen molar-refractivity contribution in [2.75, 3.05) is 6.61 Å². The van der Waals surface area contributed by atoms with Crippen molar-refractivity contribution in [2.24, 2.45) is 11.8 Å². The van der Waals surface area contributed by atoms with Gasteiger partial charge in [0.15, 0.2) is 0 Å². The quantitative estimate of drug-likeness (QED) is 0.723. The fraction of sp³-hybridized carbons (Fsp3) is 0.929. The Morgan fingerprint density at radius 3 is 2.72 bits per heavy atom. The van der Waals surface area contributed by atoms with Gasteiger partial charge in [-0.1, -0.05) is 28.8 Å². The van der Waals surface area contributed by atoms with Crippen molar-refractivity contribution in [3.8, 4) is 6.07 Å². The van der Waals surface area contributed by atoms with E-state index in [1.807, 2.05) is 0 Å². The first-order chi connectivity index (χ1) is 8.70. The van der Waals surface area contributed by atoms with Crippen LogP contribution in [0.3, 0.4) is 0 Å². The molecule has 0 N–H and O–H groups in total. The molecule has 2 fully saturated rings. The Kier molecular flexibility index (Phi) is 5.79. The van der Waals surface area contributed by atoms with Crippen molar-refractivity contribution in [1.82, 2.24) is 0 Å². The summed E-state index contributed by atoms with van der Waals surface area (Å²) in [5.41, 5.74) is 0. The number of ether oxygens (including phenoxy) is 1. The molecule has 5 atom stereocenters. The molecule has 0 aromatic heterocycles. The van der Waals surface area contributed by atoms with Crippen LogP contribution in [-0.2, 0) is 4.74 Å². The minimum Gasteiger partial charge on any atom is -0.377 e. The average molecular weight is 335 g/mol. The lowest BCUT2D eigenvalue weighted by atomic mass is 9.86. The van der Waals surface area contributed by atoms with Crippen LogP contribution in [0, 0.1) is 23.2 Å². The number of nitrogens with zero attached hydrogens (tertiary/aromatic N) is 1. The van der Waals surface area contributed by atoms with E-state index >= 15 is 0 Å². The van der Waals surface area contributed by atoms with Crippen LogP contribution in [0.25, 0.3) is 0 Å². The van der Waals surface area contributed by atoms with E-state index < -0.39 is 0 Å². The molecule has 0 amide bonds.